The standard InChI is InChI=1S/C13H17BrN2O2/c1-7(15)13(5-6-13)11-9(14)3-4-10(18)12(11)16-8(2)17/h3-4,7,18H,5-6,15H2,1-2H3,(H,16,17). The molecule has 4 N–H and O–H groups in total. The number of anilines is 1. The molecule has 1 unspecified atom stereocenters. The van der Waals surface area contributed by atoms with Crippen LogP contribution in [0.4, 0.5) is 5.69 Å². The summed E-state index contributed by atoms with van der Waals surface area (Å²) in [7, 11) is 0. The van der Waals surface area contributed by atoms with Crippen LogP contribution in [-0.4, -0.2) is 17.1 Å². The zero-order valence-corrected chi connectivity index (χ0v) is 12.0. The summed E-state index contributed by atoms with van der Waals surface area (Å²) < 4.78 is 0.874. The third-order valence-electron chi connectivity index (χ3n) is 3.59. The van der Waals surface area contributed by atoms with Gasteiger partial charge in [-0.05, 0) is 31.9 Å². The zero-order chi connectivity index (χ0) is 13.5. The van der Waals surface area contributed by atoms with Gasteiger partial charge in [0.15, 0.2) is 0 Å². The van der Waals surface area contributed by atoms with Gasteiger partial charge in [0.05, 0.1) is 5.69 Å². The van der Waals surface area contributed by atoms with E-state index < -0.39 is 0 Å². The predicted octanol–water partition coefficient (Wildman–Crippen LogP) is 2.49. The number of phenols is 1. The van der Waals surface area contributed by atoms with E-state index in [4.69, 9.17) is 5.73 Å². The second-order valence-corrected chi connectivity index (χ2v) is 5.80. The molecule has 5 heteroatoms. The fourth-order valence-corrected chi connectivity index (χ4v) is 3.15. The van der Waals surface area contributed by atoms with Crippen molar-refractivity contribution in [2.24, 2.45) is 5.73 Å². The number of hydrogen-bond donors (Lipinski definition) is 3. The lowest BCUT2D eigenvalue weighted by Gasteiger charge is -2.25. The van der Waals surface area contributed by atoms with Crippen LogP contribution in [0.2, 0.25) is 0 Å². The van der Waals surface area contributed by atoms with Crippen molar-refractivity contribution in [3.05, 3.63) is 22.2 Å². The highest BCUT2D eigenvalue weighted by Gasteiger charge is 2.50. The summed E-state index contributed by atoms with van der Waals surface area (Å²) in [6, 6.07) is 3.33. The topological polar surface area (TPSA) is 75.3 Å². The lowest BCUT2D eigenvalue weighted by molar-refractivity contribution is -0.114. The number of phenolic OH excluding ortho intramolecular Hbond substituents is 1. The van der Waals surface area contributed by atoms with Crippen molar-refractivity contribution in [2.45, 2.75) is 38.1 Å². The minimum absolute atomic E-state index is 0.0249. The first-order valence-electron chi connectivity index (χ1n) is 5.93. The van der Waals surface area contributed by atoms with Gasteiger partial charge in [-0.25, -0.2) is 0 Å². The fraction of sp³-hybridized carbons (Fsp3) is 0.462. The van der Waals surface area contributed by atoms with Crippen molar-refractivity contribution >= 4 is 27.5 Å². The highest BCUT2D eigenvalue weighted by atomic mass is 79.9. The van der Waals surface area contributed by atoms with E-state index in [2.05, 4.69) is 21.2 Å². The summed E-state index contributed by atoms with van der Waals surface area (Å²) in [5.74, 6) is -0.125. The molecule has 0 radical (unpaired) electrons. The summed E-state index contributed by atoms with van der Waals surface area (Å²) in [6.07, 6.45) is 1.94. The first-order chi connectivity index (χ1) is 8.38. The Morgan fingerprint density at radius 1 is 1.56 bits per heavy atom. The smallest absolute Gasteiger partial charge is 0.221 e. The Morgan fingerprint density at radius 2 is 2.17 bits per heavy atom. The van der Waals surface area contributed by atoms with Crippen molar-refractivity contribution < 1.29 is 9.90 Å². The Kier molecular flexibility index (Phi) is 3.38. The van der Waals surface area contributed by atoms with Gasteiger partial charge in [-0.1, -0.05) is 15.9 Å². The fourth-order valence-electron chi connectivity index (χ4n) is 2.42. The maximum absolute atomic E-state index is 11.3. The van der Waals surface area contributed by atoms with Crippen molar-refractivity contribution in [2.75, 3.05) is 5.32 Å². The average molecular weight is 313 g/mol. The molecule has 1 aromatic rings. The van der Waals surface area contributed by atoms with Crippen LogP contribution in [0.5, 0.6) is 5.75 Å². The van der Waals surface area contributed by atoms with Gasteiger partial charge < -0.3 is 16.2 Å². The Hall–Kier alpha value is -1.07. The quantitative estimate of drug-likeness (QED) is 0.751. The SMILES string of the molecule is CC(=O)Nc1c(O)ccc(Br)c1C1(C(C)N)CC1. The maximum atomic E-state index is 11.3. The Labute approximate surface area is 115 Å². The Balaban J connectivity index is 2.58. The number of hydrogen-bond acceptors (Lipinski definition) is 3. The molecule has 0 spiro atoms. The highest BCUT2D eigenvalue weighted by molar-refractivity contribution is 9.10. The summed E-state index contributed by atoms with van der Waals surface area (Å²) in [6.45, 7) is 3.39. The van der Waals surface area contributed by atoms with Gasteiger partial charge in [-0.3, -0.25) is 4.79 Å². The zero-order valence-electron chi connectivity index (χ0n) is 10.5. The van der Waals surface area contributed by atoms with E-state index in [1.54, 1.807) is 12.1 Å². The number of carbonyl (C=O) groups is 1. The number of nitrogens with one attached hydrogen (secondary N) is 1. The average Bonchev–Trinajstić information content (AvgIpc) is 3.04. The second-order valence-electron chi connectivity index (χ2n) is 4.94. The van der Waals surface area contributed by atoms with Crippen LogP contribution in [0.15, 0.2) is 16.6 Å². The Bertz CT molecular complexity index is 496. The van der Waals surface area contributed by atoms with E-state index in [0.29, 0.717) is 5.69 Å². The molecule has 18 heavy (non-hydrogen) atoms. The third-order valence-corrected chi connectivity index (χ3v) is 4.25. The van der Waals surface area contributed by atoms with Crippen LogP contribution < -0.4 is 11.1 Å². The van der Waals surface area contributed by atoms with Crippen LogP contribution >= 0.6 is 15.9 Å². The lowest BCUT2D eigenvalue weighted by atomic mass is 9.88. The molecule has 4 nitrogen and oxygen atoms in total. The predicted molar refractivity (Wildman–Crippen MR) is 74.7 cm³/mol. The van der Waals surface area contributed by atoms with Crippen LogP contribution in [0.25, 0.3) is 0 Å². The van der Waals surface area contributed by atoms with Crippen molar-refractivity contribution in [1.82, 2.24) is 0 Å². The van der Waals surface area contributed by atoms with E-state index in [9.17, 15) is 9.90 Å². The molecule has 1 amide bonds. The molecule has 1 aromatic carbocycles. The minimum Gasteiger partial charge on any atom is -0.506 e. The number of aromatic hydroxyl groups is 1. The van der Waals surface area contributed by atoms with Gasteiger partial charge in [-0.2, -0.15) is 0 Å². The molecule has 1 fully saturated rings. The number of amides is 1. The highest BCUT2D eigenvalue weighted by Crippen LogP contribution is 2.56. The van der Waals surface area contributed by atoms with Gasteiger partial charge in [0, 0.05) is 28.4 Å². The normalized spacial score (nSPS) is 18.2. The third kappa shape index (κ3) is 2.12. The van der Waals surface area contributed by atoms with E-state index in [-0.39, 0.29) is 23.1 Å². The molecule has 1 saturated carbocycles. The van der Waals surface area contributed by atoms with E-state index in [1.807, 2.05) is 6.92 Å². The summed E-state index contributed by atoms with van der Waals surface area (Å²) in [4.78, 5) is 11.3. The largest absolute Gasteiger partial charge is 0.506 e. The van der Waals surface area contributed by atoms with Gasteiger partial charge >= 0.3 is 0 Å². The van der Waals surface area contributed by atoms with E-state index >= 15 is 0 Å². The second kappa shape index (κ2) is 4.55. The van der Waals surface area contributed by atoms with Gasteiger partial charge in [0.1, 0.15) is 5.75 Å². The summed E-state index contributed by atoms with van der Waals surface area (Å²) in [5, 5.41) is 12.7. The monoisotopic (exact) mass is 312 g/mol. The molecule has 0 aromatic heterocycles. The number of nitrogens with two attached hydrogens (primary N) is 1. The number of rotatable bonds is 3. The molecular formula is C13H17BrN2O2. The number of carbonyl (C=O) groups excluding carboxylic acids is 1. The Morgan fingerprint density at radius 3 is 2.61 bits per heavy atom. The first-order valence-corrected chi connectivity index (χ1v) is 6.73. The summed E-state index contributed by atoms with van der Waals surface area (Å²) in [5.41, 5.74) is 7.31. The molecule has 0 bridgehead atoms. The van der Waals surface area contributed by atoms with Crippen molar-refractivity contribution in [3.8, 4) is 5.75 Å². The van der Waals surface area contributed by atoms with Crippen molar-refractivity contribution in [3.63, 3.8) is 0 Å². The van der Waals surface area contributed by atoms with Crippen LogP contribution in [-0.2, 0) is 10.2 Å². The molecule has 1 aliphatic carbocycles. The molecule has 2 rings (SSSR count). The van der Waals surface area contributed by atoms with Crippen LogP contribution in [0, 0.1) is 0 Å². The van der Waals surface area contributed by atoms with Gasteiger partial charge in [0.25, 0.3) is 0 Å². The molecule has 98 valence electrons. The molecule has 0 aliphatic heterocycles. The first kappa shape index (κ1) is 13.4. The maximum Gasteiger partial charge on any atom is 0.221 e. The van der Waals surface area contributed by atoms with E-state index in [0.717, 1.165) is 22.9 Å². The van der Waals surface area contributed by atoms with E-state index in [1.165, 1.54) is 6.92 Å². The molecule has 0 heterocycles. The number of halogens is 1. The number of benzene rings is 1. The van der Waals surface area contributed by atoms with Gasteiger partial charge in [0.2, 0.25) is 5.91 Å². The molecule has 0 saturated heterocycles. The lowest BCUT2D eigenvalue weighted by Crippen LogP contribution is -2.32. The molecule has 1 atom stereocenters. The van der Waals surface area contributed by atoms with Crippen molar-refractivity contribution in [1.29, 1.82) is 0 Å². The van der Waals surface area contributed by atoms with Crippen LogP contribution in [0.1, 0.15) is 32.3 Å². The summed E-state index contributed by atoms with van der Waals surface area (Å²) >= 11 is 3.50. The van der Waals surface area contributed by atoms with Crippen LogP contribution in [0.3, 0.4) is 0 Å². The molecular weight excluding hydrogens is 296 g/mol. The molecule has 1 aliphatic rings. The minimum atomic E-state index is -0.204. The van der Waals surface area contributed by atoms with Gasteiger partial charge in [-0.15, -0.1) is 0 Å².